The summed E-state index contributed by atoms with van der Waals surface area (Å²) in [5.41, 5.74) is -1.07. The van der Waals surface area contributed by atoms with Gasteiger partial charge in [0.2, 0.25) is 0 Å². The average Bonchev–Trinajstić information content (AvgIpc) is 2.69. The molecule has 0 radical (unpaired) electrons. The SMILES string of the molecule is CC(C)(O)C(=O)c1ccc(OC(COC(=O)/C=C/C(=O)O)C2CCCCC2)cc1. The van der Waals surface area contributed by atoms with Crippen LogP contribution in [0, 0.1) is 5.92 Å². The number of Topliss-reactive ketones (excluding diaryl/α,β-unsaturated/α-hetero) is 1. The first kappa shape index (κ1) is 22.6. The molecule has 2 N–H and O–H groups in total. The normalized spacial score (nSPS) is 16.4. The van der Waals surface area contributed by atoms with Gasteiger partial charge in [-0.2, -0.15) is 0 Å². The quantitative estimate of drug-likeness (QED) is 0.369. The molecule has 7 nitrogen and oxygen atoms in total. The Bertz CT molecular complexity index is 737. The number of rotatable bonds is 9. The molecule has 1 aromatic rings. The molecule has 0 aliphatic heterocycles. The van der Waals surface area contributed by atoms with Gasteiger partial charge >= 0.3 is 11.9 Å². The lowest BCUT2D eigenvalue weighted by Crippen LogP contribution is -2.34. The van der Waals surface area contributed by atoms with E-state index in [4.69, 9.17) is 14.6 Å². The van der Waals surface area contributed by atoms with Gasteiger partial charge in [0, 0.05) is 17.7 Å². The van der Waals surface area contributed by atoms with Gasteiger partial charge in [-0.05, 0) is 56.9 Å². The third-order valence-electron chi connectivity index (χ3n) is 4.89. The van der Waals surface area contributed by atoms with Crippen molar-refractivity contribution < 1.29 is 34.1 Å². The van der Waals surface area contributed by atoms with Gasteiger partial charge in [-0.15, -0.1) is 0 Å². The van der Waals surface area contributed by atoms with E-state index >= 15 is 0 Å². The highest BCUT2D eigenvalue weighted by Crippen LogP contribution is 2.29. The van der Waals surface area contributed by atoms with Crippen LogP contribution in [0.2, 0.25) is 0 Å². The minimum absolute atomic E-state index is 0.0117. The molecule has 1 fully saturated rings. The second-order valence-electron chi connectivity index (χ2n) is 7.77. The van der Waals surface area contributed by atoms with Crippen LogP contribution in [0.3, 0.4) is 0 Å². The Hall–Kier alpha value is -2.67. The third-order valence-corrected chi connectivity index (χ3v) is 4.89. The summed E-state index contributed by atoms with van der Waals surface area (Å²) in [5.74, 6) is -1.58. The predicted molar refractivity (Wildman–Crippen MR) is 106 cm³/mol. The summed E-state index contributed by atoms with van der Waals surface area (Å²) in [5, 5.41) is 18.4. The van der Waals surface area contributed by atoms with Gasteiger partial charge in [0.05, 0.1) is 0 Å². The Balaban J connectivity index is 2.05. The van der Waals surface area contributed by atoms with E-state index in [1.807, 2.05) is 0 Å². The molecule has 29 heavy (non-hydrogen) atoms. The monoisotopic (exact) mass is 404 g/mol. The highest BCUT2D eigenvalue weighted by molar-refractivity contribution is 6.01. The largest absolute Gasteiger partial charge is 0.487 e. The molecule has 1 unspecified atom stereocenters. The first-order chi connectivity index (χ1) is 13.7. The number of carbonyl (C=O) groups is 3. The van der Waals surface area contributed by atoms with Crippen molar-refractivity contribution in [3.05, 3.63) is 42.0 Å². The lowest BCUT2D eigenvalue weighted by Gasteiger charge is -2.30. The van der Waals surface area contributed by atoms with E-state index in [9.17, 15) is 19.5 Å². The molecule has 0 spiro atoms. The van der Waals surface area contributed by atoms with Crippen molar-refractivity contribution in [2.24, 2.45) is 5.92 Å². The highest BCUT2D eigenvalue weighted by Gasteiger charge is 2.28. The van der Waals surface area contributed by atoms with E-state index in [1.54, 1.807) is 24.3 Å². The van der Waals surface area contributed by atoms with Crippen molar-refractivity contribution in [3.8, 4) is 5.75 Å². The molecule has 1 atom stereocenters. The lowest BCUT2D eigenvalue weighted by molar-refractivity contribution is -0.142. The molecule has 158 valence electrons. The molecule has 2 rings (SSSR count). The number of ketones is 1. The van der Waals surface area contributed by atoms with Crippen molar-refractivity contribution in [1.29, 1.82) is 0 Å². The van der Waals surface area contributed by atoms with Crippen LogP contribution in [-0.2, 0) is 14.3 Å². The summed E-state index contributed by atoms with van der Waals surface area (Å²) in [6.07, 6.45) is 6.48. The summed E-state index contributed by atoms with van der Waals surface area (Å²) in [4.78, 5) is 34.4. The van der Waals surface area contributed by atoms with Gasteiger partial charge in [-0.3, -0.25) is 4.79 Å². The van der Waals surface area contributed by atoms with Crippen LogP contribution in [0.5, 0.6) is 5.75 Å². The number of hydrogen-bond acceptors (Lipinski definition) is 6. The third kappa shape index (κ3) is 7.34. The fraction of sp³-hybridized carbons (Fsp3) is 0.500. The summed E-state index contributed by atoms with van der Waals surface area (Å²) in [7, 11) is 0. The molecule has 1 saturated carbocycles. The Kier molecular flexibility index (Phi) is 7.96. The van der Waals surface area contributed by atoms with Gasteiger partial charge in [0.25, 0.3) is 0 Å². The van der Waals surface area contributed by atoms with E-state index in [-0.39, 0.29) is 24.4 Å². The Morgan fingerprint density at radius 3 is 2.28 bits per heavy atom. The van der Waals surface area contributed by atoms with Crippen molar-refractivity contribution in [1.82, 2.24) is 0 Å². The lowest BCUT2D eigenvalue weighted by atomic mass is 9.85. The van der Waals surface area contributed by atoms with E-state index in [0.717, 1.165) is 44.3 Å². The molecule has 7 heteroatoms. The van der Waals surface area contributed by atoms with E-state index in [1.165, 1.54) is 13.8 Å². The van der Waals surface area contributed by atoms with Gasteiger partial charge in [-0.1, -0.05) is 19.3 Å². The molecule has 0 heterocycles. The first-order valence-electron chi connectivity index (χ1n) is 9.78. The van der Waals surface area contributed by atoms with Crippen molar-refractivity contribution in [2.45, 2.75) is 57.7 Å². The Morgan fingerprint density at radius 1 is 1.10 bits per heavy atom. The fourth-order valence-electron chi connectivity index (χ4n) is 3.34. The summed E-state index contributed by atoms with van der Waals surface area (Å²) in [6, 6.07) is 6.49. The molecule has 0 aromatic heterocycles. The fourth-order valence-corrected chi connectivity index (χ4v) is 3.34. The van der Waals surface area contributed by atoms with Crippen LogP contribution >= 0.6 is 0 Å². The number of carboxylic acid groups (broad SMARTS) is 1. The maximum Gasteiger partial charge on any atom is 0.331 e. The van der Waals surface area contributed by atoms with E-state index in [0.29, 0.717) is 11.3 Å². The zero-order valence-corrected chi connectivity index (χ0v) is 16.8. The van der Waals surface area contributed by atoms with Crippen molar-refractivity contribution >= 4 is 17.7 Å². The molecule has 1 aliphatic rings. The standard InChI is InChI=1S/C22H28O7/c1-22(2,27)21(26)16-8-10-17(11-9-16)29-18(15-6-4-3-5-7-15)14-28-20(25)13-12-19(23)24/h8-13,15,18,27H,3-7,14H2,1-2H3,(H,23,24)/b13-12+. The molecule has 1 aliphatic carbocycles. The van der Waals surface area contributed by atoms with Crippen LogP contribution in [-0.4, -0.2) is 46.2 Å². The van der Waals surface area contributed by atoms with Crippen LogP contribution < -0.4 is 4.74 Å². The van der Waals surface area contributed by atoms with Crippen LogP contribution in [0.1, 0.15) is 56.3 Å². The zero-order valence-electron chi connectivity index (χ0n) is 16.8. The Morgan fingerprint density at radius 2 is 1.72 bits per heavy atom. The van der Waals surface area contributed by atoms with Crippen molar-refractivity contribution in [3.63, 3.8) is 0 Å². The molecule has 0 saturated heterocycles. The summed E-state index contributed by atoms with van der Waals surface area (Å²) < 4.78 is 11.2. The number of hydrogen-bond donors (Lipinski definition) is 2. The number of carbonyl (C=O) groups excluding carboxylic acids is 2. The summed E-state index contributed by atoms with van der Waals surface area (Å²) >= 11 is 0. The maximum absolute atomic E-state index is 12.1. The van der Waals surface area contributed by atoms with Crippen LogP contribution in [0.4, 0.5) is 0 Å². The highest BCUT2D eigenvalue weighted by atomic mass is 16.6. The number of benzene rings is 1. The molecule has 0 amide bonds. The first-order valence-corrected chi connectivity index (χ1v) is 9.78. The van der Waals surface area contributed by atoms with Crippen LogP contribution in [0.25, 0.3) is 0 Å². The minimum atomic E-state index is -1.45. The average molecular weight is 404 g/mol. The van der Waals surface area contributed by atoms with Gasteiger partial charge < -0.3 is 19.7 Å². The smallest absolute Gasteiger partial charge is 0.331 e. The predicted octanol–water partition coefficient (Wildman–Crippen LogP) is 3.15. The second kappa shape index (κ2) is 10.2. The number of esters is 1. The molecule has 0 bridgehead atoms. The Labute approximate surface area is 170 Å². The van der Waals surface area contributed by atoms with Gasteiger partial charge in [-0.25, -0.2) is 9.59 Å². The minimum Gasteiger partial charge on any atom is -0.487 e. The zero-order chi connectivity index (χ0) is 21.4. The van der Waals surface area contributed by atoms with Crippen LogP contribution in [0.15, 0.2) is 36.4 Å². The summed E-state index contributed by atoms with van der Waals surface area (Å²) in [6.45, 7) is 2.88. The number of ether oxygens (including phenoxy) is 2. The van der Waals surface area contributed by atoms with Gasteiger partial charge in [0.15, 0.2) is 5.78 Å². The van der Waals surface area contributed by atoms with Crippen molar-refractivity contribution in [2.75, 3.05) is 6.61 Å². The van der Waals surface area contributed by atoms with E-state index < -0.39 is 17.5 Å². The maximum atomic E-state index is 12.1. The number of carboxylic acids is 1. The topological polar surface area (TPSA) is 110 Å². The number of aliphatic carboxylic acids is 1. The van der Waals surface area contributed by atoms with E-state index in [2.05, 4.69) is 0 Å². The molecular weight excluding hydrogens is 376 g/mol. The molecular formula is C22H28O7. The second-order valence-corrected chi connectivity index (χ2v) is 7.77. The number of aliphatic hydroxyl groups is 1. The van der Waals surface area contributed by atoms with Gasteiger partial charge in [0.1, 0.15) is 24.1 Å². The molecule has 1 aromatic carbocycles.